The first kappa shape index (κ1) is 8.76. The molecule has 1 aliphatic heterocycles. The Hall–Kier alpha value is -0.820. The van der Waals surface area contributed by atoms with Gasteiger partial charge in [0, 0.05) is 6.54 Å². The molecule has 0 aromatic heterocycles. The van der Waals surface area contributed by atoms with Crippen LogP contribution >= 0.6 is 0 Å². The minimum Gasteiger partial charge on any atom is -0.316 e. The van der Waals surface area contributed by atoms with Gasteiger partial charge in [-0.1, -0.05) is 24.3 Å². The molecule has 13 heavy (non-hydrogen) atoms. The van der Waals surface area contributed by atoms with Crippen LogP contribution in [-0.2, 0) is 0 Å². The number of hydrogen-bond acceptors (Lipinski definition) is 1. The zero-order valence-electron chi connectivity index (χ0n) is 8.22. The standard InChI is InChI=1S/C12H17N/c1-10-5-2-3-7-12(10)11-6-4-8-13-9-11/h2-3,5,7,11,13H,4,6,8-9H2,1H3/t11-/m1/s1. The van der Waals surface area contributed by atoms with Gasteiger partial charge in [0.1, 0.15) is 0 Å². The average molecular weight is 175 g/mol. The second-order valence-corrected chi connectivity index (χ2v) is 3.90. The van der Waals surface area contributed by atoms with Crippen LogP contribution in [0.15, 0.2) is 24.3 Å². The molecule has 0 aliphatic carbocycles. The van der Waals surface area contributed by atoms with Crippen molar-refractivity contribution in [3.05, 3.63) is 35.4 Å². The van der Waals surface area contributed by atoms with Gasteiger partial charge in [-0.25, -0.2) is 0 Å². The van der Waals surface area contributed by atoms with Gasteiger partial charge in [-0.3, -0.25) is 0 Å². The lowest BCUT2D eigenvalue weighted by molar-refractivity contribution is 0.460. The number of piperidine rings is 1. The molecule has 0 amide bonds. The van der Waals surface area contributed by atoms with Gasteiger partial charge >= 0.3 is 0 Å². The molecule has 1 nitrogen and oxygen atoms in total. The summed E-state index contributed by atoms with van der Waals surface area (Å²) < 4.78 is 0. The Kier molecular flexibility index (Phi) is 2.65. The quantitative estimate of drug-likeness (QED) is 0.691. The maximum absolute atomic E-state index is 3.46. The second kappa shape index (κ2) is 3.93. The van der Waals surface area contributed by atoms with E-state index in [9.17, 15) is 0 Å². The highest BCUT2D eigenvalue weighted by Crippen LogP contribution is 2.25. The highest BCUT2D eigenvalue weighted by Gasteiger charge is 2.15. The van der Waals surface area contributed by atoms with E-state index in [2.05, 4.69) is 36.5 Å². The van der Waals surface area contributed by atoms with Crippen molar-refractivity contribution in [3.63, 3.8) is 0 Å². The minimum atomic E-state index is 0.745. The molecule has 1 aromatic rings. The van der Waals surface area contributed by atoms with Crippen LogP contribution in [0.1, 0.15) is 29.9 Å². The Morgan fingerprint density at radius 2 is 2.15 bits per heavy atom. The first-order valence-corrected chi connectivity index (χ1v) is 5.14. The molecule has 0 bridgehead atoms. The van der Waals surface area contributed by atoms with Crippen LogP contribution in [0, 0.1) is 6.92 Å². The van der Waals surface area contributed by atoms with Crippen molar-refractivity contribution in [1.29, 1.82) is 0 Å². The zero-order valence-corrected chi connectivity index (χ0v) is 8.22. The van der Waals surface area contributed by atoms with Crippen molar-refractivity contribution in [2.75, 3.05) is 13.1 Å². The fourth-order valence-corrected chi connectivity index (χ4v) is 2.16. The van der Waals surface area contributed by atoms with Gasteiger partial charge in [-0.05, 0) is 43.4 Å². The molecular weight excluding hydrogens is 158 g/mol. The third kappa shape index (κ3) is 1.92. The van der Waals surface area contributed by atoms with E-state index in [1.165, 1.54) is 30.5 Å². The van der Waals surface area contributed by atoms with E-state index in [1.807, 2.05) is 0 Å². The molecule has 1 heteroatoms. The summed E-state index contributed by atoms with van der Waals surface area (Å²) in [5.74, 6) is 0.745. The molecule has 1 aromatic carbocycles. The lowest BCUT2D eigenvalue weighted by Crippen LogP contribution is -2.28. The van der Waals surface area contributed by atoms with Crippen LogP contribution in [0.4, 0.5) is 0 Å². The molecule has 0 saturated carbocycles. The van der Waals surface area contributed by atoms with E-state index >= 15 is 0 Å². The first-order valence-electron chi connectivity index (χ1n) is 5.14. The molecule has 1 heterocycles. The van der Waals surface area contributed by atoms with Crippen molar-refractivity contribution in [1.82, 2.24) is 5.32 Å². The molecule has 0 unspecified atom stereocenters. The van der Waals surface area contributed by atoms with Crippen LogP contribution < -0.4 is 5.32 Å². The highest BCUT2D eigenvalue weighted by molar-refractivity contribution is 5.29. The van der Waals surface area contributed by atoms with Gasteiger partial charge < -0.3 is 5.32 Å². The number of rotatable bonds is 1. The summed E-state index contributed by atoms with van der Waals surface area (Å²) in [5, 5.41) is 3.46. The highest BCUT2D eigenvalue weighted by atomic mass is 14.9. The summed E-state index contributed by atoms with van der Waals surface area (Å²) in [7, 11) is 0. The summed E-state index contributed by atoms with van der Waals surface area (Å²) in [6.45, 7) is 4.57. The summed E-state index contributed by atoms with van der Waals surface area (Å²) in [5.41, 5.74) is 2.98. The molecular formula is C12H17N. The molecule has 0 radical (unpaired) electrons. The van der Waals surface area contributed by atoms with Crippen LogP contribution in [-0.4, -0.2) is 13.1 Å². The van der Waals surface area contributed by atoms with Crippen LogP contribution in [0.3, 0.4) is 0 Å². The maximum Gasteiger partial charge on any atom is 0.00202 e. The Bertz CT molecular complexity index is 274. The van der Waals surface area contributed by atoms with Crippen LogP contribution in [0.2, 0.25) is 0 Å². The molecule has 70 valence electrons. The van der Waals surface area contributed by atoms with Gasteiger partial charge in [-0.2, -0.15) is 0 Å². The molecule has 2 rings (SSSR count). The first-order chi connectivity index (χ1) is 6.38. The van der Waals surface area contributed by atoms with Crippen molar-refractivity contribution >= 4 is 0 Å². The monoisotopic (exact) mass is 175 g/mol. The largest absolute Gasteiger partial charge is 0.316 e. The fourth-order valence-electron chi connectivity index (χ4n) is 2.16. The molecule has 1 N–H and O–H groups in total. The Labute approximate surface area is 80.2 Å². The fraction of sp³-hybridized carbons (Fsp3) is 0.500. The Balaban J connectivity index is 2.18. The molecule has 1 fully saturated rings. The summed E-state index contributed by atoms with van der Waals surface area (Å²) in [6, 6.07) is 8.75. The van der Waals surface area contributed by atoms with Crippen LogP contribution in [0.5, 0.6) is 0 Å². The predicted octanol–water partition coefficient (Wildman–Crippen LogP) is 2.46. The predicted molar refractivity (Wildman–Crippen MR) is 56.0 cm³/mol. The Morgan fingerprint density at radius 1 is 1.31 bits per heavy atom. The summed E-state index contributed by atoms with van der Waals surface area (Å²) >= 11 is 0. The SMILES string of the molecule is Cc1ccccc1[C@@H]1CCCNC1. The van der Waals surface area contributed by atoms with Crippen molar-refractivity contribution in [2.24, 2.45) is 0 Å². The maximum atomic E-state index is 3.46. The number of nitrogens with one attached hydrogen (secondary N) is 1. The van der Waals surface area contributed by atoms with E-state index in [0.717, 1.165) is 12.5 Å². The van der Waals surface area contributed by atoms with Crippen molar-refractivity contribution in [3.8, 4) is 0 Å². The van der Waals surface area contributed by atoms with Gasteiger partial charge in [-0.15, -0.1) is 0 Å². The van der Waals surface area contributed by atoms with E-state index in [1.54, 1.807) is 0 Å². The van der Waals surface area contributed by atoms with E-state index in [0.29, 0.717) is 0 Å². The van der Waals surface area contributed by atoms with E-state index < -0.39 is 0 Å². The third-order valence-corrected chi connectivity index (χ3v) is 2.93. The van der Waals surface area contributed by atoms with Crippen LogP contribution in [0.25, 0.3) is 0 Å². The molecule has 1 aliphatic rings. The number of hydrogen-bond donors (Lipinski definition) is 1. The molecule has 1 saturated heterocycles. The lowest BCUT2D eigenvalue weighted by atomic mass is 9.89. The Morgan fingerprint density at radius 3 is 2.85 bits per heavy atom. The van der Waals surface area contributed by atoms with E-state index in [4.69, 9.17) is 0 Å². The summed E-state index contributed by atoms with van der Waals surface area (Å²) in [6.07, 6.45) is 2.66. The normalized spacial score (nSPS) is 23.0. The van der Waals surface area contributed by atoms with Gasteiger partial charge in [0.2, 0.25) is 0 Å². The third-order valence-electron chi connectivity index (χ3n) is 2.93. The molecule has 0 spiro atoms. The smallest absolute Gasteiger partial charge is 0.00202 e. The zero-order chi connectivity index (χ0) is 9.10. The minimum absolute atomic E-state index is 0.745. The van der Waals surface area contributed by atoms with Gasteiger partial charge in [0.25, 0.3) is 0 Å². The second-order valence-electron chi connectivity index (χ2n) is 3.90. The van der Waals surface area contributed by atoms with E-state index in [-0.39, 0.29) is 0 Å². The van der Waals surface area contributed by atoms with Gasteiger partial charge in [0.05, 0.1) is 0 Å². The van der Waals surface area contributed by atoms with Gasteiger partial charge in [0.15, 0.2) is 0 Å². The van der Waals surface area contributed by atoms with Crippen molar-refractivity contribution < 1.29 is 0 Å². The number of benzene rings is 1. The average Bonchev–Trinajstić information content (AvgIpc) is 2.20. The lowest BCUT2D eigenvalue weighted by Gasteiger charge is -2.24. The topological polar surface area (TPSA) is 12.0 Å². The summed E-state index contributed by atoms with van der Waals surface area (Å²) in [4.78, 5) is 0. The molecule has 1 atom stereocenters. The number of aryl methyl sites for hydroxylation is 1. The van der Waals surface area contributed by atoms with Crippen molar-refractivity contribution in [2.45, 2.75) is 25.7 Å².